The molecule has 0 amide bonds. The zero-order valence-electron chi connectivity index (χ0n) is 12.0. The molecule has 0 saturated heterocycles. The van der Waals surface area contributed by atoms with Crippen LogP contribution < -0.4 is 9.47 Å². The first-order valence-electron chi connectivity index (χ1n) is 7.22. The minimum Gasteiger partial charge on any atom is -0.491 e. The maximum atomic E-state index is 11.4. The zero-order valence-corrected chi connectivity index (χ0v) is 12.0. The van der Waals surface area contributed by atoms with Gasteiger partial charge >= 0.3 is 5.97 Å². The summed E-state index contributed by atoms with van der Waals surface area (Å²) in [6.07, 6.45) is 3.36. The van der Waals surface area contributed by atoms with Gasteiger partial charge < -0.3 is 14.6 Å². The van der Waals surface area contributed by atoms with E-state index in [0.717, 1.165) is 25.7 Å². The number of ether oxygens (including phenoxy) is 2. The fourth-order valence-electron chi connectivity index (χ4n) is 2.65. The molecular weight excluding hydrogens is 256 g/mol. The first-order valence-corrected chi connectivity index (χ1v) is 7.22. The van der Waals surface area contributed by atoms with Crippen LogP contribution in [0.15, 0.2) is 24.3 Å². The molecule has 1 aliphatic rings. The van der Waals surface area contributed by atoms with E-state index in [0.29, 0.717) is 11.5 Å². The highest BCUT2D eigenvalue weighted by molar-refractivity contribution is 5.73. The maximum absolute atomic E-state index is 11.4. The molecule has 20 heavy (non-hydrogen) atoms. The second-order valence-electron chi connectivity index (χ2n) is 5.56. The van der Waals surface area contributed by atoms with E-state index in [2.05, 4.69) is 0 Å². The molecule has 0 spiro atoms. The molecule has 1 saturated carbocycles. The van der Waals surface area contributed by atoms with Gasteiger partial charge in [0.05, 0.1) is 6.10 Å². The van der Waals surface area contributed by atoms with Crippen molar-refractivity contribution in [3.63, 3.8) is 0 Å². The number of hydrogen-bond donors (Lipinski definition) is 1. The summed E-state index contributed by atoms with van der Waals surface area (Å²) in [7, 11) is 0. The van der Waals surface area contributed by atoms with Crippen molar-refractivity contribution >= 4 is 5.97 Å². The van der Waals surface area contributed by atoms with E-state index in [1.807, 2.05) is 26.0 Å². The molecule has 0 heterocycles. The van der Waals surface area contributed by atoms with Crippen LogP contribution in [0.25, 0.3) is 0 Å². The van der Waals surface area contributed by atoms with Crippen molar-refractivity contribution in [3.8, 4) is 11.5 Å². The lowest BCUT2D eigenvalue weighted by Gasteiger charge is -2.21. The van der Waals surface area contributed by atoms with Gasteiger partial charge in [-0.1, -0.05) is 18.9 Å². The lowest BCUT2D eigenvalue weighted by Crippen LogP contribution is -2.33. The summed E-state index contributed by atoms with van der Waals surface area (Å²) in [6.45, 7) is 3.90. The van der Waals surface area contributed by atoms with Gasteiger partial charge in [0.25, 0.3) is 0 Å². The summed E-state index contributed by atoms with van der Waals surface area (Å²) in [4.78, 5) is 11.4. The van der Waals surface area contributed by atoms with E-state index in [1.165, 1.54) is 0 Å². The van der Waals surface area contributed by atoms with Crippen molar-refractivity contribution < 1.29 is 19.4 Å². The Bertz CT molecular complexity index is 450. The molecule has 1 atom stereocenters. The minimum absolute atomic E-state index is 0.0790. The summed E-state index contributed by atoms with van der Waals surface area (Å²) in [5.41, 5.74) is 0. The van der Waals surface area contributed by atoms with Crippen molar-refractivity contribution in [2.45, 2.75) is 51.7 Å². The van der Waals surface area contributed by atoms with E-state index in [9.17, 15) is 9.90 Å². The Kier molecular flexibility index (Phi) is 4.88. The third-order valence-corrected chi connectivity index (χ3v) is 3.51. The smallest absolute Gasteiger partial charge is 0.345 e. The molecule has 0 bridgehead atoms. The number of aliphatic carboxylic acids is 1. The van der Waals surface area contributed by atoms with Gasteiger partial charge in [0.15, 0.2) is 6.10 Å². The number of benzene rings is 1. The van der Waals surface area contributed by atoms with Gasteiger partial charge in [0.1, 0.15) is 11.5 Å². The topological polar surface area (TPSA) is 55.8 Å². The molecule has 2 rings (SSSR count). The van der Waals surface area contributed by atoms with Crippen LogP contribution in [0.3, 0.4) is 0 Å². The quantitative estimate of drug-likeness (QED) is 0.865. The summed E-state index contributed by atoms with van der Waals surface area (Å²) in [5, 5.41) is 9.35. The van der Waals surface area contributed by atoms with Crippen molar-refractivity contribution in [3.05, 3.63) is 24.3 Å². The monoisotopic (exact) mass is 278 g/mol. The largest absolute Gasteiger partial charge is 0.491 e. The van der Waals surface area contributed by atoms with Gasteiger partial charge in [-0.3, -0.25) is 0 Å². The Labute approximate surface area is 119 Å². The van der Waals surface area contributed by atoms with Crippen molar-refractivity contribution in [2.75, 3.05) is 0 Å². The summed E-state index contributed by atoms with van der Waals surface area (Å²) < 4.78 is 11.3. The summed E-state index contributed by atoms with van der Waals surface area (Å²) in [6, 6.07) is 7.20. The number of carboxylic acids is 1. The first kappa shape index (κ1) is 14.7. The van der Waals surface area contributed by atoms with Crippen LogP contribution in [0.4, 0.5) is 0 Å². The van der Waals surface area contributed by atoms with E-state index in [1.54, 1.807) is 12.1 Å². The highest BCUT2D eigenvalue weighted by Gasteiger charge is 2.32. The van der Waals surface area contributed by atoms with Gasteiger partial charge in [0.2, 0.25) is 0 Å². The van der Waals surface area contributed by atoms with E-state index >= 15 is 0 Å². The van der Waals surface area contributed by atoms with Crippen LogP contribution >= 0.6 is 0 Å². The van der Waals surface area contributed by atoms with Crippen molar-refractivity contribution in [2.24, 2.45) is 5.92 Å². The van der Waals surface area contributed by atoms with Crippen LogP contribution in [0.1, 0.15) is 39.5 Å². The Hall–Kier alpha value is -1.71. The van der Waals surface area contributed by atoms with Crippen LogP contribution in [0, 0.1) is 5.92 Å². The minimum atomic E-state index is -0.882. The van der Waals surface area contributed by atoms with Crippen LogP contribution in [0.2, 0.25) is 0 Å². The summed E-state index contributed by atoms with van der Waals surface area (Å²) in [5.74, 6) is 0.491. The number of hydrogen-bond acceptors (Lipinski definition) is 3. The molecule has 1 aliphatic carbocycles. The molecule has 1 aromatic rings. The second-order valence-corrected chi connectivity index (χ2v) is 5.56. The standard InChI is InChI=1S/C16H22O4/c1-11(2)19-13-8-5-9-14(10-13)20-15(16(17)18)12-6-3-4-7-12/h5,8-12,15H,3-4,6-7H2,1-2H3,(H,17,18). The Morgan fingerprint density at radius 2 is 1.80 bits per heavy atom. The molecule has 1 N–H and O–H groups in total. The average molecular weight is 278 g/mol. The fraction of sp³-hybridized carbons (Fsp3) is 0.562. The highest BCUT2D eigenvalue weighted by Crippen LogP contribution is 2.31. The van der Waals surface area contributed by atoms with E-state index in [-0.39, 0.29) is 12.0 Å². The molecule has 0 radical (unpaired) electrons. The maximum Gasteiger partial charge on any atom is 0.345 e. The first-order chi connectivity index (χ1) is 9.56. The molecular formula is C16H22O4. The molecule has 4 nitrogen and oxygen atoms in total. The van der Waals surface area contributed by atoms with Gasteiger partial charge in [-0.15, -0.1) is 0 Å². The predicted octanol–water partition coefficient (Wildman–Crippen LogP) is 3.50. The van der Waals surface area contributed by atoms with Gasteiger partial charge in [0, 0.05) is 12.0 Å². The number of rotatable bonds is 6. The zero-order chi connectivity index (χ0) is 14.5. The van der Waals surface area contributed by atoms with E-state index in [4.69, 9.17) is 9.47 Å². The lowest BCUT2D eigenvalue weighted by atomic mass is 10.0. The molecule has 0 aliphatic heterocycles. The number of carbonyl (C=O) groups is 1. The highest BCUT2D eigenvalue weighted by atomic mass is 16.5. The lowest BCUT2D eigenvalue weighted by molar-refractivity contribution is -0.147. The van der Waals surface area contributed by atoms with Gasteiger partial charge in [-0.05, 0) is 38.8 Å². The van der Waals surface area contributed by atoms with Gasteiger partial charge in [-0.2, -0.15) is 0 Å². The van der Waals surface area contributed by atoms with Crippen LogP contribution in [-0.2, 0) is 4.79 Å². The normalized spacial score (nSPS) is 17.1. The van der Waals surface area contributed by atoms with Crippen LogP contribution in [0.5, 0.6) is 11.5 Å². The molecule has 1 unspecified atom stereocenters. The predicted molar refractivity (Wildman–Crippen MR) is 76.2 cm³/mol. The second kappa shape index (κ2) is 6.64. The third-order valence-electron chi connectivity index (χ3n) is 3.51. The molecule has 4 heteroatoms. The summed E-state index contributed by atoms with van der Waals surface area (Å²) >= 11 is 0. The fourth-order valence-corrected chi connectivity index (χ4v) is 2.65. The van der Waals surface area contributed by atoms with Crippen molar-refractivity contribution in [1.29, 1.82) is 0 Å². The number of carboxylic acid groups (broad SMARTS) is 1. The van der Waals surface area contributed by atoms with Crippen LogP contribution in [-0.4, -0.2) is 23.3 Å². The molecule has 110 valence electrons. The average Bonchev–Trinajstić information content (AvgIpc) is 2.88. The Morgan fingerprint density at radius 1 is 1.20 bits per heavy atom. The SMILES string of the molecule is CC(C)Oc1cccc(OC(C(=O)O)C2CCCC2)c1. The third kappa shape index (κ3) is 3.89. The Balaban J connectivity index is 2.07. The molecule has 1 fully saturated rings. The Morgan fingerprint density at radius 3 is 2.35 bits per heavy atom. The van der Waals surface area contributed by atoms with Crippen molar-refractivity contribution in [1.82, 2.24) is 0 Å². The molecule has 0 aromatic heterocycles. The van der Waals surface area contributed by atoms with Gasteiger partial charge in [-0.25, -0.2) is 4.79 Å². The van der Waals surface area contributed by atoms with E-state index < -0.39 is 12.1 Å². The molecule has 1 aromatic carbocycles.